The van der Waals surface area contributed by atoms with Gasteiger partial charge in [0.25, 0.3) is 5.91 Å². The molecule has 0 saturated carbocycles. The minimum atomic E-state index is -4.62. The van der Waals surface area contributed by atoms with Crippen molar-refractivity contribution in [3.8, 4) is 11.4 Å². The summed E-state index contributed by atoms with van der Waals surface area (Å²) in [6.07, 6.45) is -1.84. The third kappa shape index (κ3) is 3.16. The Morgan fingerprint density at radius 1 is 1.33 bits per heavy atom. The number of H-pyrrole nitrogens is 1. The second-order valence-corrected chi connectivity index (χ2v) is 6.54. The Hall–Kier alpha value is -3.21. The van der Waals surface area contributed by atoms with E-state index in [0.717, 1.165) is 4.68 Å². The van der Waals surface area contributed by atoms with E-state index >= 15 is 0 Å². The van der Waals surface area contributed by atoms with Gasteiger partial charge in [0, 0.05) is 24.8 Å². The molecule has 0 radical (unpaired) electrons. The van der Waals surface area contributed by atoms with Crippen molar-refractivity contribution in [3.63, 3.8) is 0 Å². The van der Waals surface area contributed by atoms with Crippen LogP contribution < -0.4 is 5.32 Å². The fraction of sp³-hybridized carbons (Fsp3) is 0.125. The van der Waals surface area contributed by atoms with Crippen LogP contribution in [-0.4, -0.2) is 30.6 Å². The number of aromatic amines is 1. The lowest BCUT2D eigenvalue weighted by Gasteiger charge is -2.03. The summed E-state index contributed by atoms with van der Waals surface area (Å²) in [5.41, 5.74) is -0.305. The third-order valence-electron chi connectivity index (χ3n) is 3.76. The molecule has 3 aromatic heterocycles. The Bertz CT molecular complexity index is 1130. The number of benzene rings is 1. The van der Waals surface area contributed by atoms with Gasteiger partial charge in [0.1, 0.15) is 11.3 Å². The van der Waals surface area contributed by atoms with E-state index in [1.54, 1.807) is 29.8 Å². The summed E-state index contributed by atoms with van der Waals surface area (Å²) in [5, 5.41) is 8.25. The van der Waals surface area contributed by atoms with Crippen LogP contribution in [-0.2, 0) is 13.2 Å². The number of hydrogen-bond acceptors (Lipinski definition) is 5. The molecule has 27 heavy (non-hydrogen) atoms. The topological polar surface area (TPSA) is 88.5 Å². The number of nitrogens with one attached hydrogen (secondary N) is 2. The van der Waals surface area contributed by atoms with Gasteiger partial charge in [0.05, 0.1) is 16.6 Å². The zero-order valence-electron chi connectivity index (χ0n) is 13.7. The van der Waals surface area contributed by atoms with Crippen LogP contribution in [0.5, 0.6) is 0 Å². The smallest absolute Gasteiger partial charge is 0.338 e. The van der Waals surface area contributed by atoms with Crippen LogP contribution in [0.15, 0.2) is 36.0 Å². The number of carbonyl (C=O) groups is 1. The van der Waals surface area contributed by atoms with E-state index in [9.17, 15) is 18.0 Å². The molecule has 0 aliphatic carbocycles. The first-order chi connectivity index (χ1) is 12.8. The SMILES string of the molecule is Cn1cc(-c2nc3c(C(=O)Nc4nccs4)cccc3[nH]2)c(C(F)(F)F)n1. The Labute approximate surface area is 153 Å². The molecule has 3 heterocycles. The molecule has 0 saturated heterocycles. The number of aryl methyl sites for hydroxylation is 1. The standard InChI is InChI=1S/C16H11F3N6OS/c1-25-7-9(12(24-25)16(17,18)19)13-21-10-4-2-3-8(11(10)22-13)14(26)23-15-20-5-6-27-15/h2-7H,1H3,(H,21,22)(H,20,23,26). The molecule has 4 aromatic rings. The maximum atomic E-state index is 13.2. The molecule has 4 rings (SSSR count). The lowest BCUT2D eigenvalue weighted by molar-refractivity contribution is -0.141. The number of imidazole rings is 1. The summed E-state index contributed by atoms with van der Waals surface area (Å²) in [7, 11) is 1.40. The average molecular weight is 392 g/mol. The first kappa shape index (κ1) is 17.2. The van der Waals surface area contributed by atoms with E-state index in [2.05, 4.69) is 25.4 Å². The first-order valence-corrected chi connectivity index (χ1v) is 8.51. The quantitative estimate of drug-likeness (QED) is 0.557. The predicted octanol–water partition coefficient (Wildman–Crippen LogP) is 3.69. The maximum Gasteiger partial charge on any atom is 0.435 e. The van der Waals surface area contributed by atoms with Gasteiger partial charge < -0.3 is 4.98 Å². The Morgan fingerprint density at radius 2 is 2.15 bits per heavy atom. The minimum Gasteiger partial charge on any atom is -0.338 e. The van der Waals surface area contributed by atoms with Crippen LogP contribution in [0.2, 0.25) is 0 Å². The number of halogens is 3. The number of hydrogen-bond donors (Lipinski definition) is 2. The van der Waals surface area contributed by atoms with Gasteiger partial charge in [-0.2, -0.15) is 18.3 Å². The number of nitrogens with zero attached hydrogens (tertiary/aromatic N) is 4. The van der Waals surface area contributed by atoms with Gasteiger partial charge in [-0.15, -0.1) is 11.3 Å². The summed E-state index contributed by atoms with van der Waals surface area (Å²) in [6.45, 7) is 0. The number of anilines is 1. The molecular weight excluding hydrogens is 381 g/mol. The van der Waals surface area contributed by atoms with E-state index in [1.807, 2.05) is 0 Å². The summed E-state index contributed by atoms with van der Waals surface area (Å²) in [4.78, 5) is 23.6. The van der Waals surface area contributed by atoms with Crippen molar-refractivity contribution in [2.75, 3.05) is 5.32 Å². The fourth-order valence-electron chi connectivity index (χ4n) is 2.66. The van der Waals surface area contributed by atoms with Gasteiger partial charge in [-0.1, -0.05) is 6.07 Å². The number of amides is 1. The second-order valence-electron chi connectivity index (χ2n) is 5.64. The van der Waals surface area contributed by atoms with Crippen LogP contribution in [0.3, 0.4) is 0 Å². The zero-order valence-corrected chi connectivity index (χ0v) is 14.5. The van der Waals surface area contributed by atoms with Gasteiger partial charge in [-0.05, 0) is 12.1 Å². The molecule has 2 N–H and O–H groups in total. The lowest BCUT2D eigenvalue weighted by Crippen LogP contribution is -2.12. The number of rotatable bonds is 3. The van der Waals surface area contributed by atoms with E-state index in [1.165, 1.54) is 24.6 Å². The molecule has 0 atom stereocenters. The number of fused-ring (bicyclic) bond motifs is 1. The van der Waals surface area contributed by atoms with Crippen LogP contribution in [0.1, 0.15) is 16.1 Å². The molecular formula is C16H11F3N6OS. The molecule has 0 spiro atoms. The molecule has 0 unspecified atom stereocenters. The van der Waals surface area contributed by atoms with E-state index in [-0.39, 0.29) is 22.5 Å². The van der Waals surface area contributed by atoms with Crippen LogP contribution in [0.4, 0.5) is 18.3 Å². The number of para-hydroxylation sites is 1. The second kappa shape index (κ2) is 6.20. The van der Waals surface area contributed by atoms with Crippen LogP contribution in [0.25, 0.3) is 22.4 Å². The van der Waals surface area contributed by atoms with Crippen molar-refractivity contribution >= 4 is 33.4 Å². The monoisotopic (exact) mass is 392 g/mol. The van der Waals surface area contributed by atoms with Crippen LogP contribution >= 0.6 is 11.3 Å². The zero-order chi connectivity index (χ0) is 19.2. The third-order valence-corrected chi connectivity index (χ3v) is 4.45. The fourth-order valence-corrected chi connectivity index (χ4v) is 3.19. The van der Waals surface area contributed by atoms with Crippen LogP contribution in [0, 0.1) is 0 Å². The van der Waals surface area contributed by atoms with Gasteiger partial charge in [0.15, 0.2) is 10.8 Å². The predicted molar refractivity (Wildman–Crippen MR) is 93.4 cm³/mol. The number of aromatic nitrogens is 5. The van der Waals surface area contributed by atoms with E-state index < -0.39 is 17.8 Å². The summed E-state index contributed by atoms with van der Waals surface area (Å²) in [6, 6.07) is 4.80. The first-order valence-electron chi connectivity index (χ1n) is 7.63. The molecule has 1 aromatic carbocycles. The van der Waals surface area contributed by atoms with Crippen molar-refractivity contribution in [3.05, 3.63) is 47.2 Å². The highest BCUT2D eigenvalue weighted by Gasteiger charge is 2.38. The Kier molecular flexibility index (Phi) is 3.95. The molecule has 7 nitrogen and oxygen atoms in total. The summed E-state index contributed by atoms with van der Waals surface area (Å²) < 4.78 is 40.8. The molecule has 0 fully saturated rings. The Balaban J connectivity index is 1.79. The Morgan fingerprint density at radius 3 is 2.85 bits per heavy atom. The molecule has 0 aliphatic heterocycles. The normalized spacial score (nSPS) is 11.9. The average Bonchev–Trinajstić information content (AvgIpc) is 3.31. The van der Waals surface area contributed by atoms with Gasteiger partial charge >= 0.3 is 6.18 Å². The number of alkyl halides is 3. The maximum absolute atomic E-state index is 13.2. The molecule has 11 heteroatoms. The van der Waals surface area contributed by atoms with Crippen molar-refractivity contribution in [1.82, 2.24) is 24.7 Å². The molecule has 0 bridgehead atoms. The molecule has 138 valence electrons. The van der Waals surface area contributed by atoms with Crippen molar-refractivity contribution in [2.24, 2.45) is 7.05 Å². The van der Waals surface area contributed by atoms with Gasteiger partial charge in [0.2, 0.25) is 0 Å². The number of carbonyl (C=O) groups excluding carboxylic acids is 1. The van der Waals surface area contributed by atoms with Gasteiger partial charge in [-0.25, -0.2) is 9.97 Å². The molecule has 0 aliphatic rings. The lowest BCUT2D eigenvalue weighted by atomic mass is 10.2. The largest absolute Gasteiger partial charge is 0.435 e. The van der Waals surface area contributed by atoms with Crippen molar-refractivity contribution in [2.45, 2.75) is 6.18 Å². The summed E-state index contributed by atoms with van der Waals surface area (Å²) >= 11 is 1.25. The van der Waals surface area contributed by atoms with Crippen molar-refractivity contribution in [1.29, 1.82) is 0 Å². The highest BCUT2D eigenvalue weighted by Crippen LogP contribution is 2.35. The highest BCUT2D eigenvalue weighted by molar-refractivity contribution is 7.13. The number of thiazole rings is 1. The highest BCUT2D eigenvalue weighted by atomic mass is 32.1. The van der Waals surface area contributed by atoms with Crippen molar-refractivity contribution < 1.29 is 18.0 Å². The van der Waals surface area contributed by atoms with E-state index in [4.69, 9.17) is 0 Å². The molecule has 1 amide bonds. The van der Waals surface area contributed by atoms with E-state index in [0.29, 0.717) is 10.6 Å². The minimum absolute atomic E-state index is 0.0140. The summed E-state index contributed by atoms with van der Waals surface area (Å²) in [5.74, 6) is -0.462. The van der Waals surface area contributed by atoms with Gasteiger partial charge in [-0.3, -0.25) is 14.8 Å².